The summed E-state index contributed by atoms with van der Waals surface area (Å²) in [7, 11) is 1.87. The molecule has 2 aromatic carbocycles. The Labute approximate surface area is 120 Å². The van der Waals surface area contributed by atoms with Gasteiger partial charge in [0.1, 0.15) is 0 Å². The highest BCUT2D eigenvalue weighted by atomic mass is 16.2. The van der Waals surface area contributed by atoms with Crippen LogP contribution in [0.25, 0.3) is 10.8 Å². The van der Waals surface area contributed by atoms with Crippen molar-refractivity contribution in [2.75, 3.05) is 25.0 Å². The molecule has 0 bridgehead atoms. The van der Waals surface area contributed by atoms with E-state index in [1.165, 1.54) is 0 Å². The third kappa shape index (κ3) is 2.83. The Morgan fingerprint density at radius 1 is 1.20 bits per heavy atom. The zero-order chi connectivity index (χ0) is 14.5. The van der Waals surface area contributed by atoms with E-state index in [0.717, 1.165) is 16.5 Å². The molecule has 20 heavy (non-hydrogen) atoms. The van der Waals surface area contributed by atoms with E-state index in [9.17, 15) is 4.79 Å². The van der Waals surface area contributed by atoms with E-state index in [4.69, 9.17) is 0 Å². The van der Waals surface area contributed by atoms with Crippen molar-refractivity contribution < 1.29 is 4.79 Å². The predicted octanol–water partition coefficient (Wildman–Crippen LogP) is 3.05. The molecule has 0 spiro atoms. The van der Waals surface area contributed by atoms with E-state index >= 15 is 0 Å². The van der Waals surface area contributed by atoms with Gasteiger partial charge in [0, 0.05) is 24.4 Å². The van der Waals surface area contributed by atoms with E-state index in [-0.39, 0.29) is 11.8 Å². The Balaban J connectivity index is 2.42. The third-order valence-corrected chi connectivity index (χ3v) is 3.57. The van der Waals surface area contributed by atoms with Gasteiger partial charge in [0.15, 0.2) is 0 Å². The Kier molecular flexibility index (Phi) is 4.74. The van der Waals surface area contributed by atoms with Crippen molar-refractivity contribution in [3.8, 4) is 0 Å². The maximum atomic E-state index is 12.6. The van der Waals surface area contributed by atoms with E-state index in [0.29, 0.717) is 13.1 Å². The lowest BCUT2D eigenvalue weighted by Crippen LogP contribution is -2.38. The van der Waals surface area contributed by atoms with Gasteiger partial charge in [-0.25, -0.2) is 0 Å². The molecule has 1 atom stereocenters. The molecular formula is C17H22N2O. The van der Waals surface area contributed by atoms with Gasteiger partial charge >= 0.3 is 0 Å². The molecule has 3 heteroatoms. The predicted molar refractivity (Wildman–Crippen MR) is 85.1 cm³/mol. The molecule has 0 fully saturated rings. The third-order valence-electron chi connectivity index (χ3n) is 3.57. The number of fused-ring (bicyclic) bond motifs is 1. The number of rotatable bonds is 5. The monoisotopic (exact) mass is 270 g/mol. The number of hydrogen-bond acceptors (Lipinski definition) is 2. The van der Waals surface area contributed by atoms with E-state index in [1.54, 1.807) is 0 Å². The Morgan fingerprint density at radius 2 is 1.90 bits per heavy atom. The van der Waals surface area contributed by atoms with Crippen molar-refractivity contribution in [1.82, 2.24) is 5.32 Å². The van der Waals surface area contributed by atoms with Gasteiger partial charge in [0.05, 0.1) is 5.69 Å². The molecule has 2 rings (SSSR count). The number of nitrogens with one attached hydrogen (secondary N) is 1. The second-order valence-electron chi connectivity index (χ2n) is 5.04. The SMILES string of the molecule is CCN(C(=O)C(C)CNC)c1cccc2ccccc12. The van der Waals surface area contributed by atoms with Crippen molar-refractivity contribution in [2.45, 2.75) is 13.8 Å². The molecule has 0 aliphatic rings. The van der Waals surface area contributed by atoms with E-state index < -0.39 is 0 Å². The van der Waals surface area contributed by atoms with Gasteiger partial charge in [0.2, 0.25) is 5.91 Å². The molecule has 2 aromatic rings. The fourth-order valence-electron chi connectivity index (χ4n) is 2.55. The average Bonchev–Trinajstić information content (AvgIpc) is 2.48. The molecule has 0 aromatic heterocycles. The van der Waals surface area contributed by atoms with Crippen LogP contribution in [0.3, 0.4) is 0 Å². The lowest BCUT2D eigenvalue weighted by atomic mass is 10.1. The number of carbonyl (C=O) groups excluding carboxylic acids is 1. The fraction of sp³-hybridized carbons (Fsp3) is 0.353. The fourth-order valence-corrected chi connectivity index (χ4v) is 2.55. The topological polar surface area (TPSA) is 32.3 Å². The molecule has 1 amide bonds. The van der Waals surface area contributed by atoms with Gasteiger partial charge in [0.25, 0.3) is 0 Å². The van der Waals surface area contributed by atoms with Crippen LogP contribution in [0, 0.1) is 5.92 Å². The van der Waals surface area contributed by atoms with Gasteiger partial charge in [-0.3, -0.25) is 4.79 Å². The number of hydrogen-bond donors (Lipinski definition) is 1. The molecule has 106 valence electrons. The maximum absolute atomic E-state index is 12.6. The zero-order valence-corrected chi connectivity index (χ0v) is 12.4. The normalized spacial score (nSPS) is 12.3. The summed E-state index contributed by atoms with van der Waals surface area (Å²) in [5.41, 5.74) is 0.999. The van der Waals surface area contributed by atoms with Gasteiger partial charge in [-0.2, -0.15) is 0 Å². The van der Waals surface area contributed by atoms with Crippen molar-refractivity contribution in [3.05, 3.63) is 42.5 Å². The lowest BCUT2D eigenvalue weighted by Gasteiger charge is -2.26. The minimum atomic E-state index is -0.0288. The number of amides is 1. The van der Waals surface area contributed by atoms with Crippen LogP contribution >= 0.6 is 0 Å². The average molecular weight is 270 g/mol. The van der Waals surface area contributed by atoms with E-state index in [1.807, 2.05) is 50.1 Å². The van der Waals surface area contributed by atoms with Crippen molar-refractivity contribution in [2.24, 2.45) is 5.92 Å². The van der Waals surface area contributed by atoms with Crippen LogP contribution in [0.2, 0.25) is 0 Å². The lowest BCUT2D eigenvalue weighted by molar-refractivity contribution is -0.121. The van der Waals surface area contributed by atoms with Crippen molar-refractivity contribution in [3.63, 3.8) is 0 Å². The van der Waals surface area contributed by atoms with Crippen LogP contribution < -0.4 is 10.2 Å². The van der Waals surface area contributed by atoms with Crippen LogP contribution in [-0.2, 0) is 4.79 Å². The molecule has 1 unspecified atom stereocenters. The highest BCUT2D eigenvalue weighted by molar-refractivity contribution is 6.04. The summed E-state index contributed by atoms with van der Waals surface area (Å²) >= 11 is 0. The van der Waals surface area contributed by atoms with Crippen LogP contribution in [-0.4, -0.2) is 26.0 Å². The second-order valence-corrected chi connectivity index (χ2v) is 5.04. The van der Waals surface area contributed by atoms with Gasteiger partial charge in [-0.1, -0.05) is 43.3 Å². The van der Waals surface area contributed by atoms with Gasteiger partial charge in [-0.15, -0.1) is 0 Å². The second kappa shape index (κ2) is 6.53. The first kappa shape index (κ1) is 14.5. The molecule has 3 nitrogen and oxygen atoms in total. The Hall–Kier alpha value is -1.87. The van der Waals surface area contributed by atoms with Crippen LogP contribution in [0.5, 0.6) is 0 Å². The molecular weight excluding hydrogens is 248 g/mol. The Bertz CT molecular complexity index is 589. The minimum absolute atomic E-state index is 0.0288. The summed E-state index contributed by atoms with van der Waals surface area (Å²) in [5.74, 6) is 0.136. The summed E-state index contributed by atoms with van der Waals surface area (Å²) in [4.78, 5) is 14.5. The maximum Gasteiger partial charge on any atom is 0.231 e. The minimum Gasteiger partial charge on any atom is -0.319 e. The van der Waals surface area contributed by atoms with Crippen LogP contribution in [0.1, 0.15) is 13.8 Å². The highest BCUT2D eigenvalue weighted by Gasteiger charge is 2.21. The molecule has 0 saturated carbocycles. The quantitative estimate of drug-likeness (QED) is 0.905. The van der Waals surface area contributed by atoms with E-state index in [2.05, 4.69) is 23.5 Å². The van der Waals surface area contributed by atoms with Gasteiger partial charge < -0.3 is 10.2 Å². The summed E-state index contributed by atoms with van der Waals surface area (Å²) in [6, 6.07) is 14.3. The molecule has 0 aliphatic heterocycles. The first-order valence-electron chi connectivity index (χ1n) is 7.12. The summed E-state index contributed by atoms with van der Waals surface area (Å²) in [6.45, 7) is 5.36. The highest BCUT2D eigenvalue weighted by Crippen LogP contribution is 2.27. The van der Waals surface area contributed by atoms with Crippen LogP contribution in [0.4, 0.5) is 5.69 Å². The van der Waals surface area contributed by atoms with Gasteiger partial charge in [-0.05, 0) is 25.4 Å². The van der Waals surface area contributed by atoms with Crippen molar-refractivity contribution >= 4 is 22.4 Å². The Morgan fingerprint density at radius 3 is 2.60 bits per heavy atom. The zero-order valence-electron chi connectivity index (χ0n) is 12.4. The largest absolute Gasteiger partial charge is 0.319 e. The first-order chi connectivity index (χ1) is 9.69. The number of carbonyl (C=O) groups is 1. The summed E-state index contributed by atoms with van der Waals surface area (Å²) in [5, 5.41) is 5.36. The number of nitrogens with zero attached hydrogens (tertiary/aromatic N) is 1. The smallest absolute Gasteiger partial charge is 0.231 e. The number of anilines is 1. The summed E-state index contributed by atoms with van der Waals surface area (Å²) < 4.78 is 0. The first-order valence-corrected chi connectivity index (χ1v) is 7.12. The van der Waals surface area contributed by atoms with Crippen molar-refractivity contribution in [1.29, 1.82) is 0 Å². The molecule has 1 N–H and O–H groups in total. The molecule has 0 heterocycles. The molecule has 0 aliphatic carbocycles. The molecule has 0 saturated heterocycles. The van der Waals surface area contributed by atoms with Crippen LogP contribution in [0.15, 0.2) is 42.5 Å². The molecule has 0 radical (unpaired) electrons. The standard InChI is InChI=1S/C17H22N2O/c1-4-19(17(20)13(2)12-18-3)16-11-7-9-14-8-5-6-10-15(14)16/h5-11,13,18H,4,12H2,1-3H3. The number of benzene rings is 2. The summed E-state index contributed by atoms with van der Waals surface area (Å²) in [6.07, 6.45) is 0.